The maximum Gasteiger partial charge on any atom is 0.116 e. The molecule has 0 aliphatic rings. The molecule has 7 nitrogen and oxygen atoms in total. The van der Waals surface area contributed by atoms with E-state index in [-0.39, 0.29) is 26.4 Å². The van der Waals surface area contributed by atoms with E-state index in [1.165, 1.54) is 16.4 Å². The van der Waals surface area contributed by atoms with Crippen LogP contribution in [-0.2, 0) is 40.6 Å². The van der Waals surface area contributed by atoms with Gasteiger partial charge >= 0.3 is 0 Å². The van der Waals surface area contributed by atoms with Gasteiger partial charge in [-0.3, -0.25) is 0 Å². The van der Waals surface area contributed by atoms with Crippen LogP contribution in [0.2, 0.25) is 0 Å². The van der Waals surface area contributed by atoms with E-state index in [9.17, 15) is 10.3 Å². The third kappa shape index (κ3) is 9.38. The number of ether oxygens (including phenoxy) is 3. The summed E-state index contributed by atoms with van der Waals surface area (Å²) in [5, 5.41) is 27.1. The van der Waals surface area contributed by atoms with E-state index >= 15 is 0 Å². The number of thiazole rings is 1. The summed E-state index contributed by atoms with van der Waals surface area (Å²) in [5.41, 5.74) is 3.84. The number of aliphatic hydroxyl groups is 1. The molecule has 4 atom stereocenters. The molecule has 1 heterocycles. The molecule has 5 rings (SSSR count). The van der Waals surface area contributed by atoms with Gasteiger partial charge in [0, 0.05) is 18.1 Å². The Kier molecular flexibility index (Phi) is 12.2. The lowest BCUT2D eigenvalue weighted by Crippen LogP contribution is -2.50. The Morgan fingerprint density at radius 2 is 1.11 bits per heavy atom. The first kappa shape index (κ1) is 31.7. The molecule has 0 bridgehead atoms. The minimum atomic E-state index is -1.07. The van der Waals surface area contributed by atoms with Crippen LogP contribution in [-0.4, -0.2) is 45.3 Å². The minimum absolute atomic E-state index is 0.00819. The molecular weight excluding hydrogens is 572 g/mol. The van der Waals surface area contributed by atoms with Crippen molar-refractivity contribution >= 4 is 11.3 Å². The van der Waals surface area contributed by atoms with Gasteiger partial charge in [-0.2, -0.15) is 5.06 Å². The molecule has 0 radical (unpaired) electrons. The first-order chi connectivity index (χ1) is 21.7. The molecular formula is C36H38N2O5S. The van der Waals surface area contributed by atoms with E-state index in [4.69, 9.17) is 14.2 Å². The van der Waals surface area contributed by atoms with Crippen molar-refractivity contribution in [3.63, 3.8) is 0 Å². The normalized spacial score (nSPS) is 14.2. The Bertz CT molecular complexity index is 1460. The molecule has 2 N–H and O–H groups in total. The zero-order valence-corrected chi connectivity index (χ0v) is 25.3. The standard InChI is InChI=1S/C36H38N2O5S/c39-32(27-41-24-29-15-7-2-8-16-29)34(42-25-30-17-9-3-10-18-30)35(43-26-31-19-11-4-12-20-31)33(36-37-21-22-44-36)38(40)23-28-13-5-1-6-14-28/h1-22,32-35,39-40H,23-27H2/t32-,33-,34+,35-/m1/s1. The van der Waals surface area contributed by atoms with Crippen molar-refractivity contribution in [2.24, 2.45) is 0 Å². The maximum absolute atomic E-state index is 11.7. The lowest BCUT2D eigenvalue weighted by molar-refractivity contribution is -0.220. The van der Waals surface area contributed by atoms with Crippen LogP contribution in [0.5, 0.6) is 0 Å². The third-order valence-electron chi connectivity index (χ3n) is 7.20. The average Bonchev–Trinajstić information content (AvgIpc) is 3.60. The highest BCUT2D eigenvalue weighted by Gasteiger charge is 2.41. The number of benzene rings is 4. The second-order valence-electron chi connectivity index (χ2n) is 10.5. The highest BCUT2D eigenvalue weighted by Crippen LogP contribution is 2.33. The quantitative estimate of drug-likeness (QED) is 0.112. The topological polar surface area (TPSA) is 84.3 Å². The molecule has 1 aromatic heterocycles. The molecule has 228 valence electrons. The van der Waals surface area contributed by atoms with Crippen molar-refractivity contribution < 1.29 is 24.5 Å². The lowest BCUT2D eigenvalue weighted by Gasteiger charge is -2.38. The summed E-state index contributed by atoms with van der Waals surface area (Å²) in [6, 6.07) is 38.4. The monoisotopic (exact) mass is 610 g/mol. The number of aliphatic hydroxyl groups excluding tert-OH is 1. The van der Waals surface area contributed by atoms with E-state index in [2.05, 4.69) is 4.98 Å². The molecule has 0 amide bonds. The molecule has 44 heavy (non-hydrogen) atoms. The van der Waals surface area contributed by atoms with Crippen LogP contribution in [0.3, 0.4) is 0 Å². The Labute approximate surface area is 262 Å². The summed E-state index contributed by atoms with van der Waals surface area (Å²) in [4.78, 5) is 4.59. The first-order valence-corrected chi connectivity index (χ1v) is 15.5. The van der Waals surface area contributed by atoms with Gasteiger partial charge in [0.15, 0.2) is 0 Å². The largest absolute Gasteiger partial charge is 0.388 e. The van der Waals surface area contributed by atoms with Crippen LogP contribution in [0.15, 0.2) is 133 Å². The lowest BCUT2D eigenvalue weighted by atomic mass is 9.99. The zero-order valence-electron chi connectivity index (χ0n) is 24.5. The van der Waals surface area contributed by atoms with E-state index in [1.54, 1.807) is 6.20 Å². The first-order valence-electron chi connectivity index (χ1n) is 14.7. The predicted octanol–water partition coefficient (Wildman–Crippen LogP) is 6.82. The second-order valence-corrected chi connectivity index (χ2v) is 11.4. The van der Waals surface area contributed by atoms with Gasteiger partial charge in [-0.05, 0) is 22.3 Å². The fourth-order valence-electron chi connectivity index (χ4n) is 4.98. The molecule has 0 spiro atoms. The van der Waals surface area contributed by atoms with Gasteiger partial charge < -0.3 is 24.5 Å². The maximum atomic E-state index is 11.7. The fraction of sp³-hybridized carbons (Fsp3) is 0.250. The molecule has 0 fully saturated rings. The summed E-state index contributed by atoms with van der Waals surface area (Å²) in [6.45, 7) is 1.06. The molecule has 0 saturated carbocycles. The van der Waals surface area contributed by atoms with Crippen molar-refractivity contribution in [1.29, 1.82) is 0 Å². The van der Waals surface area contributed by atoms with E-state index in [0.29, 0.717) is 11.6 Å². The van der Waals surface area contributed by atoms with Crippen molar-refractivity contribution in [3.05, 3.63) is 160 Å². The molecule has 0 unspecified atom stereocenters. The van der Waals surface area contributed by atoms with Crippen LogP contribution < -0.4 is 0 Å². The van der Waals surface area contributed by atoms with Gasteiger partial charge in [-0.1, -0.05) is 121 Å². The van der Waals surface area contributed by atoms with Crippen LogP contribution in [0.1, 0.15) is 33.3 Å². The zero-order chi connectivity index (χ0) is 30.4. The Balaban J connectivity index is 1.46. The summed E-state index contributed by atoms with van der Waals surface area (Å²) in [7, 11) is 0. The van der Waals surface area contributed by atoms with Gasteiger partial charge in [0.05, 0.1) is 26.4 Å². The highest BCUT2D eigenvalue weighted by atomic mass is 32.1. The van der Waals surface area contributed by atoms with Crippen LogP contribution in [0.4, 0.5) is 0 Å². The number of hydroxylamine groups is 2. The highest BCUT2D eigenvalue weighted by molar-refractivity contribution is 7.09. The molecule has 0 aliphatic heterocycles. The number of rotatable bonds is 17. The smallest absolute Gasteiger partial charge is 0.116 e. The number of aromatic nitrogens is 1. The van der Waals surface area contributed by atoms with Crippen molar-refractivity contribution in [1.82, 2.24) is 10.0 Å². The Morgan fingerprint density at radius 1 is 0.636 bits per heavy atom. The molecule has 0 aliphatic carbocycles. The molecule has 4 aromatic carbocycles. The van der Waals surface area contributed by atoms with Crippen LogP contribution in [0, 0.1) is 0 Å². The number of hydrogen-bond donors (Lipinski definition) is 2. The van der Waals surface area contributed by atoms with Gasteiger partial charge in [0.2, 0.25) is 0 Å². The minimum Gasteiger partial charge on any atom is -0.388 e. The second kappa shape index (κ2) is 16.9. The van der Waals surface area contributed by atoms with Crippen molar-refractivity contribution in [2.75, 3.05) is 6.61 Å². The van der Waals surface area contributed by atoms with Gasteiger partial charge in [0.1, 0.15) is 29.4 Å². The SMILES string of the molecule is O[C@H](COCc1ccccc1)[C@H](OCc1ccccc1)[C@H](OCc1ccccc1)[C@H](c1nccs1)N(O)Cc1ccccc1. The third-order valence-corrected chi connectivity index (χ3v) is 8.04. The van der Waals surface area contributed by atoms with E-state index < -0.39 is 24.4 Å². The molecule has 8 heteroatoms. The van der Waals surface area contributed by atoms with Crippen molar-refractivity contribution in [3.8, 4) is 0 Å². The summed E-state index contributed by atoms with van der Waals surface area (Å²) < 4.78 is 19.1. The summed E-state index contributed by atoms with van der Waals surface area (Å²) in [6.07, 6.45) is -1.07. The molecule has 5 aromatic rings. The van der Waals surface area contributed by atoms with Gasteiger partial charge in [0.25, 0.3) is 0 Å². The summed E-state index contributed by atoms with van der Waals surface area (Å²) >= 11 is 1.42. The van der Waals surface area contributed by atoms with E-state index in [1.807, 2.05) is 127 Å². The summed E-state index contributed by atoms with van der Waals surface area (Å²) in [5.74, 6) is 0. The average molecular weight is 611 g/mol. The van der Waals surface area contributed by atoms with Gasteiger partial charge in [-0.15, -0.1) is 11.3 Å². The predicted molar refractivity (Wildman–Crippen MR) is 171 cm³/mol. The van der Waals surface area contributed by atoms with Crippen LogP contribution in [0.25, 0.3) is 0 Å². The number of nitrogens with zero attached hydrogens (tertiary/aromatic N) is 2. The Hall–Kier alpha value is -3.73. The fourth-order valence-corrected chi connectivity index (χ4v) is 5.76. The van der Waals surface area contributed by atoms with Crippen molar-refractivity contribution in [2.45, 2.75) is 50.7 Å². The van der Waals surface area contributed by atoms with Crippen LogP contribution >= 0.6 is 11.3 Å². The number of hydrogen-bond acceptors (Lipinski definition) is 8. The Morgan fingerprint density at radius 3 is 1.61 bits per heavy atom. The molecule has 0 saturated heterocycles. The van der Waals surface area contributed by atoms with Gasteiger partial charge in [-0.25, -0.2) is 4.98 Å². The van der Waals surface area contributed by atoms with E-state index in [0.717, 1.165) is 22.3 Å².